The number of nitrogen functional groups attached to an aromatic ring is 1. The second kappa shape index (κ2) is 6.44. The Kier molecular flexibility index (Phi) is 4.63. The summed E-state index contributed by atoms with van der Waals surface area (Å²) < 4.78 is 5.27. The molecule has 0 aliphatic rings. The maximum absolute atomic E-state index is 12.8. The molecule has 0 aliphatic carbocycles. The summed E-state index contributed by atoms with van der Waals surface area (Å²) in [6.07, 6.45) is 1.88. The Morgan fingerprint density at radius 3 is 2.43 bits per heavy atom. The van der Waals surface area contributed by atoms with Gasteiger partial charge >= 0.3 is 0 Å². The fourth-order valence-corrected chi connectivity index (χ4v) is 2.55. The van der Waals surface area contributed by atoms with Crippen LogP contribution in [0.3, 0.4) is 0 Å². The lowest BCUT2D eigenvalue weighted by atomic mass is 9.95. The van der Waals surface area contributed by atoms with E-state index in [0.29, 0.717) is 22.6 Å². The molecule has 0 spiro atoms. The molecule has 0 unspecified atom stereocenters. The SMILES string of the molecule is CCc1ccc(C(=O)c2c(N)cccc2OC)cc1CC. The van der Waals surface area contributed by atoms with Crippen molar-refractivity contribution < 1.29 is 9.53 Å². The van der Waals surface area contributed by atoms with Crippen LogP contribution >= 0.6 is 0 Å². The van der Waals surface area contributed by atoms with E-state index < -0.39 is 0 Å². The van der Waals surface area contributed by atoms with Crippen molar-refractivity contribution in [1.29, 1.82) is 0 Å². The predicted molar refractivity (Wildman–Crippen MR) is 86.0 cm³/mol. The van der Waals surface area contributed by atoms with Crippen LogP contribution in [-0.4, -0.2) is 12.9 Å². The van der Waals surface area contributed by atoms with E-state index in [-0.39, 0.29) is 5.78 Å². The van der Waals surface area contributed by atoms with Crippen molar-refractivity contribution in [3.8, 4) is 5.75 Å². The molecular formula is C18H21NO2. The van der Waals surface area contributed by atoms with Crippen LogP contribution in [0.25, 0.3) is 0 Å². The van der Waals surface area contributed by atoms with Gasteiger partial charge in [-0.2, -0.15) is 0 Å². The molecule has 2 aromatic rings. The summed E-state index contributed by atoms with van der Waals surface area (Å²) in [5.74, 6) is 0.417. The van der Waals surface area contributed by atoms with Gasteiger partial charge in [0.2, 0.25) is 0 Å². The highest BCUT2D eigenvalue weighted by atomic mass is 16.5. The molecule has 0 amide bonds. The Hall–Kier alpha value is -2.29. The Morgan fingerprint density at radius 1 is 1.10 bits per heavy atom. The highest BCUT2D eigenvalue weighted by Gasteiger charge is 2.18. The van der Waals surface area contributed by atoms with Crippen LogP contribution < -0.4 is 10.5 Å². The summed E-state index contributed by atoms with van der Waals surface area (Å²) in [5, 5.41) is 0. The smallest absolute Gasteiger partial charge is 0.198 e. The minimum Gasteiger partial charge on any atom is -0.496 e. The van der Waals surface area contributed by atoms with E-state index in [0.717, 1.165) is 12.8 Å². The highest BCUT2D eigenvalue weighted by molar-refractivity contribution is 6.14. The number of benzene rings is 2. The number of carbonyl (C=O) groups is 1. The summed E-state index contributed by atoms with van der Waals surface area (Å²) in [6, 6.07) is 11.1. The molecule has 0 fully saturated rings. The summed E-state index contributed by atoms with van der Waals surface area (Å²) in [5.41, 5.74) is 9.98. The van der Waals surface area contributed by atoms with Gasteiger partial charge in [-0.05, 0) is 42.2 Å². The van der Waals surface area contributed by atoms with Crippen molar-refractivity contribution in [1.82, 2.24) is 0 Å². The van der Waals surface area contributed by atoms with E-state index in [2.05, 4.69) is 13.8 Å². The van der Waals surface area contributed by atoms with Crippen molar-refractivity contribution in [3.05, 3.63) is 58.7 Å². The molecule has 0 aromatic heterocycles. The number of hydrogen-bond acceptors (Lipinski definition) is 3. The molecule has 2 rings (SSSR count). The van der Waals surface area contributed by atoms with E-state index >= 15 is 0 Å². The summed E-state index contributed by atoms with van der Waals surface area (Å²) in [6.45, 7) is 4.22. The number of carbonyl (C=O) groups excluding carboxylic acids is 1. The Morgan fingerprint density at radius 2 is 1.81 bits per heavy atom. The van der Waals surface area contributed by atoms with Crippen LogP contribution in [0.4, 0.5) is 5.69 Å². The second-order valence-electron chi connectivity index (χ2n) is 4.94. The van der Waals surface area contributed by atoms with Crippen molar-refractivity contribution in [2.75, 3.05) is 12.8 Å². The zero-order valence-electron chi connectivity index (χ0n) is 12.8. The number of anilines is 1. The molecule has 0 aliphatic heterocycles. The Balaban J connectivity index is 2.50. The Bertz CT molecular complexity index is 662. The minimum absolute atomic E-state index is 0.0951. The van der Waals surface area contributed by atoms with Gasteiger partial charge in [0.05, 0.1) is 12.7 Å². The molecule has 2 N–H and O–H groups in total. The average molecular weight is 283 g/mol. The number of ether oxygens (including phenoxy) is 1. The van der Waals surface area contributed by atoms with Crippen LogP contribution in [-0.2, 0) is 12.8 Å². The molecule has 0 bridgehead atoms. The maximum atomic E-state index is 12.8. The van der Waals surface area contributed by atoms with Crippen molar-refractivity contribution in [2.45, 2.75) is 26.7 Å². The molecule has 3 heteroatoms. The van der Waals surface area contributed by atoms with E-state index in [1.165, 1.54) is 11.1 Å². The van der Waals surface area contributed by atoms with Gasteiger partial charge in [-0.3, -0.25) is 4.79 Å². The molecule has 0 heterocycles. The van der Waals surface area contributed by atoms with Crippen LogP contribution in [0.15, 0.2) is 36.4 Å². The third kappa shape index (κ3) is 2.92. The fourth-order valence-electron chi connectivity index (χ4n) is 2.55. The second-order valence-corrected chi connectivity index (χ2v) is 4.94. The molecule has 21 heavy (non-hydrogen) atoms. The first-order valence-corrected chi connectivity index (χ1v) is 7.21. The molecule has 0 saturated carbocycles. The van der Waals surface area contributed by atoms with Gasteiger partial charge in [0.25, 0.3) is 0 Å². The normalized spacial score (nSPS) is 10.4. The van der Waals surface area contributed by atoms with Crippen molar-refractivity contribution in [3.63, 3.8) is 0 Å². The van der Waals surface area contributed by atoms with E-state index in [4.69, 9.17) is 10.5 Å². The van der Waals surface area contributed by atoms with Gasteiger partial charge in [0, 0.05) is 11.3 Å². The summed E-state index contributed by atoms with van der Waals surface area (Å²) in [4.78, 5) is 12.8. The molecule has 0 saturated heterocycles. The zero-order chi connectivity index (χ0) is 15.4. The first-order valence-electron chi connectivity index (χ1n) is 7.21. The van der Waals surface area contributed by atoms with Gasteiger partial charge in [0.15, 0.2) is 5.78 Å². The highest BCUT2D eigenvalue weighted by Crippen LogP contribution is 2.27. The zero-order valence-corrected chi connectivity index (χ0v) is 12.8. The van der Waals surface area contributed by atoms with Crippen LogP contribution in [0, 0.1) is 0 Å². The average Bonchev–Trinajstić information content (AvgIpc) is 2.53. The molecule has 0 atom stereocenters. The quantitative estimate of drug-likeness (QED) is 0.673. The monoisotopic (exact) mass is 283 g/mol. The van der Waals surface area contributed by atoms with Crippen molar-refractivity contribution >= 4 is 11.5 Å². The van der Waals surface area contributed by atoms with Crippen LogP contribution in [0.1, 0.15) is 40.9 Å². The first kappa shape index (κ1) is 15.1. The fraction of sp³-hybridized carbons (Fsp3) is 0.278. The first-order chi connectivity index (χ1) is 10.1. The van der Waals surface area contributed by atoms with E-state index in [1.54, 1.807) is 25.3 Å². The van der Waals surface area contributed by atoms with Gasteiger partial charge in [0.1, 0.15) is 5.75 Å². The number of hydrogen-bond donors (Lipinski definition) is 1. The van der Waals surface area contributed by atoms with Crippen LogP contribution in [0.2, 0.25) is 0 Å². The third-order valence-electron chi connectivity index (χ3n) is 3.74. The number of ketones is 1. The lowest BCUT2D eigenvalue weighted by Crippen LogP contribution is -2.08. The largest absolute Gasteiger partial charge is 0.496 e. The number of aryl methyl sites for hydroxylation is 2. The van der Waals surface area contributed by atoms with Crippen LogP contribution in [0.5, 0.6) is 5.75 Å². The molecule has 2 aromatic carbocycles. The Labute approximate surface area is 125 Å². The van der Waals surface area contributed by atoms with Gasteiger partial charge in [-0.1, -0.05) is 32.0 Å². The lowest BCUT2D eigenvalue weighted by molar-refractivity contribution is 0.103. The molecular weight excluding hydrogens is 262 g/mol. The summed E-state index contributed by atoms with van der Waals surface area (Å²) in [7, 11) is 1.54. The maximum Gasteiger partial charge on any atom is 0.198 e. The van der Waals surface area contributed by atoms with E-state index in [9.17, 15) is 4.79 Å². The minimum atomic E-state index is -0.0951. The number of nitrogens with two attached hydrogens (primary N) is 1. The lowest BCUT2D eigenvalue weighted by Gasteiger charge is -2.12. The van der Waals surface area contributed by atoms with Crippen molar-refractivity contribution in [2.24, 2.45) is 0 Å². The topological polar surface area (TPSA) is 52.3 Å². The van der Waals surface area contributed by atoms with Gasteiger partial charge < -0.3 is 10.5 Å². The molecule has 0 radical (unpaired) electrons. The summed E-state index contributed by atoms with van der Waals surface area (Å²) >= 11 is 0. The third-order valence-corrected chi connectivity index (χ3v) is 3.74. The van der Waals surface area contributed by atoms with Gasteiger partial charge in [-0.25, -0.2) is 0 Å². The van der Waals surface area contributed by atoms with Gasteiger partial charge in [-0.15, -0.1) is 0 Å². The predicted octanol–water partition coefficient (Wildman–Crippen LogP) is 3.63. The molecule has 110 valence electrons. The standard InChI is InChI=1S/C18H21NO2/c1-4-12-9-10-14(11-13(12)5-2)18(20)17-15(19)7-6-8-16(17)21-3/h6-11H,4-5,19H2,1-3H3. The molecule has 3 nitrogen and oxygen atoms in total. The number of rotatable bonds is 5. The number of methoxy groups -OCH3 is 1. The van der Waals surface area contributed by atoms with E-state index in [1.807, 2.05) is 18.2 Å².